The first-order chi connectivity index (χ1) is 15.4. The van der Waals surface area contributed by atoms with Crippen LogP contribution in [0.2, 0.25) is 10.0 Å². The molecule has 32 heavy (non-hydrogen) atoms. The van der Waals surface area contributed by atoms with Gasteiger partial charge in [0.15, 0.2) is 5.03 Å². The number of nitrogens with two attached hydrogens (primary N) is 1. The highest BCUT2D eigenvalue weighted by Gasteiger charge is 2.28. The van der Waals surface area contributed by atoms with Gasteiger partial charge in [-0.2, -0.15) is 0 Å². The average Bonchev–Trinajstić information content (AvgIpc) is 3.22. The van der Waals surface area contributed by atoms with Crippen molar-refractivity contribution in [3.8, 4) is 5.75 Å². The van der Waals surface area contributed by atoms with E-state index in [9.17, 15) is 4.21 Å². The molecule has 1 aliphatic rings. The van der Waals surface area contributed by atoms with E-state index in [0.717, 1.165) is 30.6 Å². The maximum atomic E-state index is 12.2. The molecule has 0 spiro atoms. The van der Waals surface area contributed by atoms with Gasteiger partial charge >= 0.3 is 0 Å². The van der Waals surface area contributed by atoms with E-state index in [0.29, 0.717) is 28.2 Å². The minimum atomic E-state index is -1.36. The van der Waals surface area contributed by atoms with Crippen LogP contribution in [0.4, 0.5) is 0 Å². The Labute approximate surface area is 200 Å². The molecule has 0 fully saturated rings. The van der Waals surface area contributed by atoms with Crippen LogP contribution in [0.15, 0.2) is 53.9 Å². The normalized spacial score (nSPS) is 18.9. The maximum Gasteiger partial charge on any atom is 0.160 e. The molecule has 1 aliphatic carbocycles. The lowest BCUT2D eigenvalue weighted by atomic mass is 9.76. The Hall–Kier alpha value is -1.90. The third kappa shape index (κ3) is 5.53. The van der Waals surface area contributed by atoms with Crippen molar-refractivity contribution in [1.82, 2.24) is 14.3 Å². The Morgan fingerprint density at radius 3 is 2.84 bits per heavy atom. The Morgan fingerprint density at radius 2 is 2.09 bits per heavy atom. The quantitative estimate of drug-likeness (QED) is 0.465. The molecule has 170 valence electrons. The molecule has 1 aromatic heterocycles. The monoisotopic (exact) mass is 492 g/mol. The highest BCUT2D eigenvalue weighted by Crippen LogP contribution is 2.36. The van der Waals surface area contributed by atoms with E-state index < -0.39 is 11.0 Å². The van der Waals surface area contributed by atoms with Crippen LogP contribution >= 0.6 is 23.2 Å². The topological polar surface area (TPSA) is 82.2 Å². The first kappa shape index (κ1) is 23.3. The summed E-state index contributed by atoms with van der Waals surface area (Å²) in [5.74, 6) is 0.955. The van der Waals surface area contributed by atoms with Crippen LogP contribution in [0.25, 0.3) is 0 Å². The number of imidazole rings is 1. The number of hydrogen-bond acceptors (Lipinski definition) is 4. The zero-order valence-electron chi connectivity index (χ0n) is 17.8. The summed E-state index contributed by atoms with van der Waals surface area (Å²) >= 11 is 12.3. The number of nitrogens with zero attached hydrogens (tertiary/aromatic N) is 2. The molecule has 0 amide bonds. The van der Waals surface area contributed by atoms with E-state index >= 15 is 0 Å². The number of benzene rings is 2. The largest absolute Gasteiger partial charge is 0.492 e. The summed E-state index contributed by atoms with van der Waals surface area (Å²) in [6.45, 7) is 0.827. The van der Waals surface area contributed by atoms with Gasteiger partial charge in [-0.15, -0.1) is 0 Å². The lowest BCUT2D eigenvalue weighted by Crippen LogP contribution is -2.34. The lowest BCUT2D eigenvalue weighted by Gasteiger charge is -2.32. The Balaban J connectivity index is 1.40. The molecule has 3 N–H and O–H groups in total. The van der Waals surface area contributed by atoms with Crippen LogP contribution in [0.3, 0.4) is 0 Å². The number of nitrogens with one attached hydrogen (secondary N) is 1. The van der Waals surface area contributed by atoms with Gasteiger partial charge in [0.2, 0.25) is 0 Å². The fraction of sp³-hybridized carbons (Fsp3) is 0.348. The van der Waals surface area contributed by atoms with Crippen molar-refractivity contribution in [2.45, 2.75) is 36.2 Å². The van der Waals surface area contributed by atoms with Crippen molar-refractivity contribution in [2.75, 3.05) is 13.2 Å². The molecular weight excluding hydrogens is 467 g/mol. The second-order valence-electron chi connectivity index (χ2n) is 8.01. The second kappa shape index (κ2) is 10.4. The molecule has 0 saturated carbocycles. The van der Waals surface area contributed by atoms with Crippen LogP contribution in [-0.4, -0.2) is 33.0 Å². The Morgan fingerprint density at radius 1 is 1.25 bits per heavy atom. The third-order valence-electron chi connectivity index (χ3n) is 5.70. The van der Waals surface area contributed by atoms with Crippen molar-refractivity contribution in [3.63, 3.8) is 0 Å². The molecule has 0 aliphatic heterocycles. The highest BCUT2D eigenvalue weighted by atomic mass is 35.5. The fourth-order valence-electron chi connectivity index (χ4n) is 4.03. The van der Waals surface area contributed by atoms with Crippen LogP contribution in [0.5, 0.6) is 5.75 Å². The van der Waals surface area contributed by atoms with E-state index in [1.54, 1.807) is 17.1 Å². The minimum absolute atomic E-state index is 0.0645. The van der Waals surface area contributed by atoms with Crippen LogP contribution < -0.4 is 15.2 Å². The van der Waals surface area contributed by atoms with E-state index in [4.69, 9.17) is 33.7 Å². The molecule has 1 heterocycles. The molecule has 4 rings (SSSR count). The Kier molecular flexibility index (Phi) is 7.53. The highest BCUT2D eigenvalue weighted by molar-refractivity contribution is 7.83. The smallest absolute Gasteiger partial charge is 0.160 e. The fourth-order valence-corrected chi connectivity index (χ4v) is 5.18. The average molecular weight is 493 g/mol. The second-order valence-corrected chi connectivity index (χ2v) is 10.1. The van der Waals surface area contributed by atoms with Gasteiger partial charge in [-0.25, -0.2) is 13.9 Å². The SMILES string of the molecule is Cn1cnc(S(=O)NCCOc2ccc3c(c2)C(Cc2ccc(Cl)c(Cl)c2)C(N)CC3)c1. The number of halogens is 2. The summed E-state index contributed by atoms with van der Waals surface area (Å²) in [6.07, 6.45) is 6.04. The first-order valence-electron chi connectivity index (χ1n) is 10.5. The molecule has 0 radical (unpaired) electrons. The van der Waals surface area contributed by atoms with Gasteiger partial charge in [0, 0.05) is 31.7 Å². The van der Waals surface area contributed by atoms with Crippen molar-refractivity contribution >= 4 is 34.2 Å². The van der Waals surface area contributed by atoms with Gasteiger partial charge in [0.25, 0.3) is 0 Å². The van der Waals surface area contributed by atoms with Crippen molar-refractivity contribution in [2.24, 2.45) is 12.8 Å². The number of hydrogen-bond donors (Lipinski definition) is 2. The summed E-state index contributed by atoms with van der Waals surface area (Å²) < 4.78 is 22.8. The van der Waals surface area contributed by atoms with Crippen LogP contribution in [-0.2, 0) is 30.9 Å². The first-order valence-corrected chi connectivity index (χ1v) is 12.4. The van der Waals surface area contributed by atoms with Gasteiger partial charge in [0.1, 0.15) is 23.3 Å². The van der Waals surface area contributed by atoms with Crippen LogP contribution in [0, 0.1) is 0 Å². The molecule has 0 saturated heterocycles. The van der Waals surface area contributed by atoms with Gasteiger partial charge in [0.05, 0.1) is 16.4 Å². The molecular formula is C23H26Cl2N4O2S. The van der Waals surface area contributed by atoms with E-state index in [2.05, 4.69) is 21.8 Å². The molecule has 3 aromatic rings. The van der Waals surface area contributed by atoms with Crippen molar-refractivity contribution in [3.05, 3.63) is 75.7 Å². The summed E-state index contributed by atoms with van der Waals surface area (Å²) in [5.41, 5.74) is 10.2. The van der Waals surface area contributed by atoms with Gasteiger partial charge in [-0.1, -0.05) is 35.3 Å². The molecule has 3 atom stereocenters. The minimum Gasteiger partial charge on any atom is -0.492 e. The molecule has 6 nitrogen and oxygen atoms in total. The van der Waals surface area contributed by atoms with Gasteiger partial charge < -0.3 is 15.0 Å². The zero-order chi connectivity index (χ0) is 22.7. The van der Waals surface area contributed by atoms with Crippen molar-refractivity contribution in [1.29, 1.82) is 0 Å². The Bertz CT molecular complexity index is 1120. The molecule has 3 unspecified atom stereocenters. The van der Waals surface area contributed by atoms with Crippen molar-refractivity contribution < 1.29 is 8.95 Å². The van der Waals surface area contributed by atoms with E-state index in [1.807, 2.05) is 31.3 Å². The molecule has 9 heteroatoms. The summed E-state index contributed by atoms with van der Waals surface area (Å²) in [6, 6.07) is 12.0. The molecule has 0 bridgehead atoms. The van der Waals surface area contributed by atoms with Crippen LogP contribution in [0.1, 0.15) is 29.0 Å². The number of aryl methyl sites for hydroxylation is 2. The number of rotatable bonds is 8. The van der Waals surface area contributed by atoms with Gasteiger partial charge in [-0.3, -0.25) is 0 Å². The van der Waals surface area contributed by atoms with E-state index in [1.165, 1.54) is 11.1 Å². The lowest BCUT2D eigenvalue weighted by molar-refractivity contribution is 0.322. The number of aromatic nitrogens is 2. The maximum absolute atomic E-state index is 12.2. The molecule has 2 aromatic carbocycles. The summed E-state index contributed by atoms with van der Waals surface area (Å²) in [5, 5.41) is 1.61. The number of ether oxygens (including phenoxy) is 1. The predicted octanol–water partition coefficient (Wildman–Crippen LogP) is 4.02. The summed E-state index contributed by atoms with van der Waals surface area (Å²) in [7, 11) is 0.483. The number of fused-ring (bicyclic) bond motifs is 1. The van der Waals surface area contributed by atoms with Gasteiger partial charge in [-0.05, 0) is 60.2 Å². The van der Waals surface area contributed by atoms with E-state index in [-0.39, 0.29) is 12.0 Å². The third-order valence-corrected chi connectivity index (χ3v) is 7.49. The zero-order valence-corrected chi connectivity index (χ0v) is 20.1. The standard InChI is InChI=1S/C23H26Cl2N4O2S/c1-29-13-23(27-14-29)32(30)28-8-9-31-17-5-3-16-4-7-22(26)19(18(16)12-17)10-15-2-6-20(24)21(25)11-15/h2-3,5-6,11-14,19,22,28H,4,7-10,26H2,1H3. The predicted molar refractivity (Wildman–Crippen MR) is 129 cm³/mol. The summed E-state index contributed by atoms with van der Waals surface area (Å²) in [4.78, 5) is 4.09.